The largest absolute Gasteiger partial charge is 0.371 e. The summed E-state index contributed by atoms with van der Waals surface area (Å²) in [7, 11) is 0. The first-order valence-corrected chi connectivity index (χ1v) is 7.13. The fraction of sp³-hybridized carbons (Fsp3) is 0.538. The summed E-state index contributed by atoms with van der Waals surface area (Å²) in [6.45, 7) is 4.68. The van der Waals surface area contributed by atoms with Gasteiger partial charge in [0, 0.05) is 29.1 Å². The van der Waals surface area contributed by atoms with E-state index in [-0.39, 0.29) is 0 Å². The van der Waals surface area contributed by atoms with Crippen molar-refractivity contribution in [3.05, 3.63) is 28.2 Å². The van der Waals surface area contributed by atoms with Gasteiger partial charge in [-0.05, 0) is 36.5 Å². The quantitative estimate of drug-likeness (QED) is 0.731. The number of halogens is 2. The predicted octanol–water partition coefficient (Wildman–Crippen LogP) is 4.42. The Kier molecular flexibility index (Phi) is 4.15. The second kappa shape index (κ2) is 5.42. The molecule has 16 heavy (non-hydrogen) atoms. The Morgan fingerprint density at radius 3 is 2.94 bits per heavy atom. The van der Waals surface area contributed by atoms with Gasteiger partial charge in [-0.1, -0.05) is 28.9 Å². The SMILES string of the molecule is CC1CCCN(c2ccc(CCl)c(Br)c2)C1. The van der Waals surface area contributed by atoms with Crippen LogP contribution in [-0.2, 0) is 5.88 Å². The Morgan fingerprint density at radius 1 is 1.50 bits per heavy atom. The van der Waals surface area contributed by atoms with Crippen LogP contribution in [0.1, 0.15) is 25.3 Å². The summed E-state index contributed by atoms with van der Waals surface area (Å²) in [4.78, 5) is 2.47. The van der Waals surface area contributed by atoms with Crippen LogP contribution < -0.4 is 4.90 Å². The van der Waals surface area contributed by atoms with Crippen LogP contribution in [0, 0.1) is 5.92 Å². The third-order valence-corrected chi connectivity index (χ3v) is 4.23. The lowest BCUT2D eigenvalue weighted by Crippen LogP contribution is -2.34. The van der Waals surface area contributed by atoms with Crippen LogP contribution in [0.5, 0.6) is 0 Å². The maximum atomic E-state index is 5.85. The van der Waals surface area contributed by atoms with Crippen molar-refractivity contribution in [3.63, 3.8) is 0 Å². The van der Waals surface area contributed by atoms with Crippen molar-refractivity contribution < 1.29 is 0 Å². The molecular formula is C13H17BrClN. The van der Waals surface area contributed by atoms with Crippen molar-refractivity contribution in [2.24, 2.45) is 5.92 Å². The number of piperidine rings is 1. The lowest BCUT2D eigenvalue weighted by Gasteiger charge is -2.33. The monoisotopic (exact) mass is 301 g/mol. The number of hydrogen-bond donors (Lipinski definition) is 0. The van der Waals surface area contributed by atoms with Gasteiger partial charge in [-0.25, -0.2) is 0 Å². The van der Waals surface area contributed by atoms with Gasteiger partial charge < -0.3 is 4.90 Å². The van der Waals surface area contributed by atoms with E-state index in [0.717, 1.165) is 16.0 Å². The maximum absolute atomic E-state index is 5.85. The lowest BCUT2D eigenvalue weighted by molar-refractivity contribution is 0.447. The highest BCUT2D eigenvalue weighted by atomic mass is 79.9. The van der Waals surface area contributed by atoms with Gasteiger partial charge in [-0.15, -0.1) is 11.6 Å². The average molecular weight is 303 g/mol. The van der Waals surface area contributed by atoms with E-state index < -0.39 is 0 Å². The number of nitrogens with zero attached hydrogens (tertiary/aromatic N) is 1. The molecular weight excluding hydrogens is 286 g/mol. The van der Waals surface area contributed by atoms with E-state index in [9.17, 15) is 0 Å². The number of alkyl halides is 1. The number of anilines is 1. The molecule has 0 aromatic heterocycles. The van der Waals surface area contributed by atoms with Gasteiger partial charge in [-0.3, -0.25) is 0 Å². The molecule has 0 aliphatic carbocycles. The Morgan fingerprint density at radius 2 is 2.31 bits per heavy atom. The molecule has 0 radical (unpaired) electrons. The summed E-state index contributed by atoms with van der Waals surface area (Å²) in [5.41, 5.74) is 2.47. The fourth-order valence-corrected chi connectivity index (χ4v) is 3.17. The van der Waals surface area contributed by atoms with Gasteiger partial charge in [0.25, 0.3) is 0 Å². The second-order valence-electron chi connectivity index (χ2n) is 4.60. The Hall–Kier alpha value is -0.210. The molecule has 1 aromatic rings. The van der Waals surface area contributed by atoms with E-state index in [1.807, 2.05) is 0 Å². The molecule has 0 amide bonds. The Labute approximate surface area is 111 Å². The van der Waals surface area contributed by atoms with Crippen LogP contribution in [0.2, 0.25) is 0 Å². The zero-order valence-corrected chi connectivity index (χ0v) is 11.9. The molecule has 1 fully saturated rings. The van der Waals surface area contributed by atoms with Gasteiger partial charge in [0.05, 0.1) is 0 Å². The van der Waals surface area contributed by atoms with Crippen molar-refractivity contribution in [3.8, 4) is 0 Å². The first-order chi connectivity index (χ1) is 7.70. The highest BCUT2D eigenvalue weighted by molar-refractivity contribution is 9.10. The summed E-state index contributed by atoms with van der Waals surface area (Å²) < 4.78 is 1.12. The van der Waals surface area contributed by atoms with Crippen LogP contribution in [0.25, 0.3) is 0 Å². The van der Waals surface area contributed by atoms with Gasteiger partial charge in [0.15, 0.2) is 0 Å². The minimum absolute atomic E-state index is 0.567. The molecule has 0 bridgehead atoms. The topological polar surface area (TPSA) is 3.24 Å². The van der Waals surface area contributed by atoms with Crippen LogP contribution in [-0.4, -0.2) is 13.1 Å². The summed E-state index contributed by atoms with van der Waals surface area (Å²) in [6.07, 6.45) is 2.66. The molecule has 1 saturated heterocycles. The lowest BCUT2D eigenvalue weighted by atomic mass is 9.99. The molecule has 1 aromatic carbocycles. The maximum Gasteiger partial charge on any atom is 0.0485 e. The molecule has 1 unspecified atom stereocenters. The van der Waals surface area contributed by atoms with Crippen LogP contribution >= 0.6 is 27.5 Å². The minimum Gasteiger partial charge on any atom is -0.371 e. The number of hydrogen-bond acceptors (Lipinski definition) is 1. The van der Waals surface area contributed by atoms with Gasteiger partial charge in [-0.2, -0.15) is 0 Å². The average Bonchev–Trinajstić information content (AvgIpc) is 2.29. The van der Waals surface area contributed by atoms with Crippen molar-refractivity contribution in [2.45, 2.75) is 25.6 Å². The standard InChI is InChI=1S/C13H17BrClN/c1-10-3-2-6-16(9-10)12-5-4-11(8-15)13(14)7-12/h4-5,7,10H,2-3,6,8-9H2,1H3. The summed E-state index contributed by atoms with van der Waals surface area (Å²) >= 11 is 9.43. The molecule has 3 heteroatoms. The molecule has 0 N–H and O–H groups in total. The van der Waals surface area contributed by atoms with Crippen molar-refractivity contribution in [1.82, 2.24) is 0 Å². The van der Waals surface area contributed by atoms with E-state index in [1.54, 1.807) is 0 Å². The molecule has 1 atom stereocenters. The smallest absolute Gasteiger partial charge is 0.0485 e. The van der Waals surface area contributed by atoms with Crippen LogP contribution in [0.3, 0.4) is 0 Å². The molecule has 1 nitrogen and oxygen atoms in total. The van der Waals surface area contributed by atoms with E-state index in [4.69, 9.17) is 11.6 Å². The van der Waals surface area contributed by atoms with Crippen molar-refractivity contribution in [1.29, 1.82) is 0 Å². The molecule has 0 spiro atoms. The minimum atomic E-state index is 0.567. The zero-order chi connectivity index (χ0) is 11.5. The van der Waals surface area contributed by atoms with Crippen molar-refractivity contribution in [2.75, 3.05) is 18.0 Å². The summed E-state index contributed by atoms with van der Waals surface area (Å²) in [5.74, 6) is 1.37. The molecule has 1 aliphatic heterocycles. The van der Waals surface area contributed by atoms with Crippen LogP contribution in [0.4, 0.5) is 5.69 Å². The first-order valence-electron chi connectivity index (χ1n) is 5.80. The number of rotatable bonds is 2. The Bertz CT molecular complexity index is 367. The molecule has 88 valence electrons. The molecule has 1 aliphatic rings. The number of benzene rings is 1. The summed E-state index contributed by atoms with van der Waals surface area (Å²) in [6, 6.07) is 6.49. The second-order valence-corrected chi connectivity index (χ2v) is 5.72. The van der Waals surface area contributed by atoms with Gasteiger partial charge in [0.1, 0.15) is 0 Å². The van der Waals surface area contributed by atoms with E-state index >= 15 is 0 Å². The third-order valence-electron chi connectivity index (χ3n) is 3.20. The van der Waals surface area contributed by atoms with E-state index in [1.165, 1.54) is 31.6 Å². The van der Waals surface area contributed by atoms with Gasteiger partial charge in [0.2, 0.25) is 0 Å². The molecule has 2 rings (SSSR count). The zero-order valence-electron chi connectivity index (χ0n) is 9.55. The predicted molar refractivity (Wildman–Crippen MR) is 74.3 cm³/mol. The fourth-order valence-electron chi connectivity index (χ4n) is 2.27. The van der Waals surface area contributed by atoms with E-state index in [2.05, 4.69) is 46.0 Å². The normalized spacial score (nSPS) is 21.2. The highest BCUT2D eigenvalue weighted by Gasteiger charge is 2.16. The first kappa shape index (κ1) is 12.3. The third kappa shape index (κ3) is 2.72. The summed E-state index contributed by atoms with van der Waals surface area (Å²) in [5, 5.41) is 0. The van der Waals surface area contributed by atoms with Crippen molar-refractivity contribution >= 4 is 33.2 Å². The Balaban J connectivity index is 2.17. The van der Waals surface area contributed by atoms with E-state index in [0.29, 0.717) is 5.88 Å². The van der Waals surface area contributed by atoms with Gasteiger partial charge >= 0.3 is 0 Å². The highest BCUT2D eigenvalue weighted by Crippen LogP contribution is 2.28. The molecule has 0 saturated carbocycles. The molecule has 1 heterocycles. The van der Waals surface area contributed by atoms with Crippen LogP contribution in [0.15, 0.2) is 22.7 Å².